The number of esters is 2. The summed E-state index contributed by atoms with van der Waals surface area (Å²) < 4.78 is 11.6. The smallest absolute Gasteiger partial charge is 0.345 e. The zero-order chi connectivity index (χ0) is 20.8. The van der Waals surface area contributed by atoms with E-state index in [0.717, 1.165) is 5.56 Å². The fraction of sp³-hybridized carbons (Fsp3) is 0.136. The second-order valence-electron chi connectivity index (χ2n) is 6.11. The lowest BCUT2D eigenvalue weighted by molar-refractivity contribution is 0.0526. The molecule has 2 aromatic carbocycles. The number of halogens is 1. The quantitative estimate of drug-likeness (QED) is 0.453. The van der Waals surface area contributed by atoms with Gasteiger partial charge in [-0.2, -0.15) is 0 Å². The van der Waals surface area contributed by atoms with Crippen LogP contribution in [0.15, 0.2) is 71.7 Å². The van der Waals surface area contributed by atoms with Crippen LogP contribution < -0.4 is 10.3 Å². The predicted octanol–water partition coefficient (Wildman–Crippen LogP) is 3.95. The first-order valence-electron chi connectivity index (χ1n) is 8.91. The summed E-state index contributed by atoms with van der Waals surface area (Å²) in [7, 11) is 0. The van der Waals surface area contributed by atoms with Gasteiger partial charge in [-0.05, 0) is 48.9 Å². The fourth-order valence-electron chi connectivity index (χ4n) is 2.63. The summed E-state index contributed by atoms with van der Waals surface area (Å²) in [5, 5.41) is 0.536. The van der Waals surface area contributed by atoms with Crippen LogP contribution in [0.3, 0.4) is 0 Å². The van der Waals surface area contributed by atoms with Crippen LogP contribution in [0.1, 0.15) is 33.2 Å². The van der Waals surface area contributed by atoms with Crippen molar-refractivity contribution in [2.45, 2.75) is 13.5 Å². The Morgan fingerprint density at radius 3 is 2.31 bits per heavy atom. The molecule has 0 atom stereocenters. The normalized spacial score (nSPS) is 10.4. The van der Waals surface area contributed by atoms with Gasteiger partial charge in [0.2, 0.25) is 0 Å². The standard InChI is InChI=1S/C22H18ClNO5/c1-2-28-21(26)15-7-10-18(11-8-15)29-22(27)17-9-12-20(25)24(14-17)13-16-5-3-4-6-19(16)23/h3-12,14H,2,13H2,1H3. The average Bonchev–Trinajstić information content (AvgIpc) is 2.72. The number of pyridine rings is 1. The molecule has 0 aliphatic heterocycles. The fourth-order valence-corrected chi connectivity index (χ4v) is 2.82. The Morgan fingerprint density at radius 2 is 1.62 bits per heavy atom. The Morgan fingerprint density at radius 1 is 0.931 bits per heavy atom. The molecule has 0 saturated carbocycles. The highest BCUT2D eigenvalue weighted by atomic mass is 35.5. The molecular weight excluding hydrogens is 394 g/mol. The lowest BCUT2D eigenvalue weighted by atomic mass is 10.2. The molecule has 0 bridgehead atoms. The second-order valence-corrected chi connectivity index (χ2v) is 6.52. The molecule has 0 saturated heterocycles. The van der Waals surface area contributed by atoms with E-state index in [2.05, 4.69) is 0 Å². The van der Waals surface area contributed by atoms with Crippen molar-refractivity contribution in [3.63, 3.8) is 0 Å². The zero-order valence-electron chi connectivity index (χ0n) is 15.6. The Balaban J connectivity index is 1.75. The van der Waals surface area contributed by atoms with Crippen molar-refractivity contribution in [3.8, 4) is 5.75 Å². The number of nitrogens with zero attached hydrogens (tertiary/aromatic N) is 1. The van der Waals surface area contributed by atoms with Crippen LogP contribution in [-0.2, 0) is 11.3 Å². The van der Waals surface area contributed by atoms with E-state index in [1.807, 2.05) is 12.1 Å². The maximum absolute atomic E-state index is 12.5. The molecule has 0 spiro atoms. The maximum atomic E-state index is 12.5. The number of hydrogen-bond acceptors (Lipinski definition) is 5. The lowest BCUT2D eigenvalue weighted by Gasteiger charge is -2.10. The number of carbonyl (C=O) groups excluding carboxylic acids is 2. The highest BCUT2D eigenvalue weighted by Gasteiger charge is 2.12. The van der Waals surface area contributed by atoms with Gasteiger partial charge in [0.25, 0.3) is 5.56 Å². The number of ether oxygens (including phenoxy) is 2. The van der Waals surface area contributed by atoms with Crippen molar-refractivity contribution in [2.75, 3.05) is 6.61 Å². The summed E-state index contributed by atoms with van der Waals surface area (Å²) in [6.07, 6.45) is 1.43. The van der Waals surface area contributed by atoms with E-state index in [0.29, 0.717) is 10.6 Å². The summed E-state index contributed by atoms with van der Waals surface area (Å²) >= 11 is 6.15. The summed E-state index contributed by atoms with van der Waals surface area (Å²) in [6, 6.07) is 15.9. The molecule has 0 unspecified atom stereocenters. The van der Waals surface area contributed by atoms with E-state index in [1.54, 1.807) is 19.1 Å². The van der Waals surface area contributed by atoms with E-state index in [4.69, 9.17) is 21.1 Å². The summed E-state index contributed by atoms with van der Waals surface area (Å²) in [4.78, 5) is 36.3. The van der Waals surface area contributed by atoms with Crippen molar-refractivity contribution in [2.24, 2.45) is 0 Å². The molecule has 0 fully saturated rings. The van der Waals surface area contributed by atoms with Gasteiger partial charge < -0.3 is 14.0 Å². The Labute approximate surface area is 172 Å². The largest absolute Gasteiger partial charge is 0.462 e. The number of rotatable bonds is 6. The topological polar surface area (TPSA) is 74.6 Å². The minimum absolute atomic E-state index is 0.214. The second kappa shape index (κ2) is 9.21. The first-order valence-corrected chi connectivity index (χ1v) is 9.29. The van der Waals surface area contributed by atoms with E-state index < -0.39 is 11.9 Å². The summed E-state index contributed by atoms with van der Waals surface area (Å²) in [5.74, 6) is -0.800. The molecule has 0 N–H and O–H groups in total. The Hall–Kier alpha value is -3.38. The highest BCUT2D eigenvalue weighted by molar-refractivity contribution is 6.31. The summed E-state index contributed by atoms with van der Waals surface area (Å²) in [5.41, 5.74) is 1.07. The van der Waals surface area contributed by atoms with Gasteiger partial charge in [-0.25, -0.2) is 9.59 Å². The van der Waals surface area contributed by atoms with Crippen LogP contribution in [-0.4, -0.2) is 23.1 Å². The van der Waals surface area contributed by atoms with Crippen molar-refractivity contribution in [3.05, 3.63) is 98.9 Å². The van der Waals surface area contributed by atoms with Crippen LogP contribution >= 0.6 is 11.6 Å². The zero-order valence-corrected chi connectivity index (χ0v) is 16.4. The molecule has 3 rings (SSSR count). The minimum Gasteiger partial charge on any atom is -0.462 e. The summed E-state index contributed by atoms with van der Waals surface area (Å²) in [6.45, 7) is 2.23. The molecule has 29 heavy (non-hydrogen) atoms. The van der Waals surface area contributed by atoms with E-state index in [-0.39, 0.29) is 30.0 Å². The van der Waals surface area contributed by atoms with Gasteiger partial charge in [0.1, 0.15) is 5.75 Å². The maximum Gasteiger partial charge on any atom is 0.345 e. The first kappa shape index (κ1) is 20.4. The van der Waals surface area contributed by atoms with Gasteiger partial charge in [-0.3, -0.25) is 4.79 Å². The van der Waals surface area contributed by atoms with Crippen molar-refractivity contribution in [1.82, 2.24) is 4.57 Å². The van der Waals surface area contributed by atoms with Crippen LogP contribution in [0.5, 0.6) is 5.75 Å². The first-order chi connectivity index (χ1) is 14.0. The van der Waals surface area contributed by atoms with Crippen molar-refractivity contribution >= 4 is 23.5 Å². The molecule has 6 nitrogen and oxygen atoms in total. The molecular formula is C22H18ClNO5. The Bertz CT molecular complexity index is 1090. The molecule has 0 radical (unpaired) electrons. The lowest BCUT2D eigenvalue weighted by Crippen LogP contribution is -2.22. The molecule has 1 heterocycles. The number of benzene rings is 2. The number of carbonyl (C=O) groups is 2. The van der Waals surface area contributed by atoms with Crippen molar-refractivity contribution in [1.29, 1.82) is 0 Å². The van der Waals surface area contributed by atoms with Gasteiger partial charge in [0, 0.05) is 17.3 Å². The highest BCUT2D eigenvalue weighted by Crippen LogP contribution is 2.17. The van der Waals surface area contributed by atoms with E-state index >= 15 is 0 Å². The van der Waals surface area contributed by atoms with Gasteiger partial charge in [0.05, 0.1) is 24.3 Å². The number of hydrogen-bond donors (Lipinski definition) is 0. The van der Waals surface area contributed by atoms with Crippen LogP contribution in [0.4, 0.5) is 0 Å². The van der Waals surface area contributed by atoms with Gasteiger partial charge in [-0.1, -0.05) is 29.8 Å². The average molecular weight is 412 g/mol. The third-order valence-corrected chi connectivity index (χ3v) is 4.46. The molecule has 0 aliphatic carbocycles. The van der Waals surface area contributed by atoms with Crippen LogP contribution in [0.2, 0.25) is 5.02 Å². The molecule has 0 aliphatic rings. The third-order valence-electron chi connectivity index (χ3n) is 4.09. The van der Waals surface area contributed by atoms with E-state index in [1.165, 1.54) is 47.2 Å². The van der Waals surface area contributed by atoms with E-state index in [9.17, 15) is 14.4 Å². The third kappa shape index (κ3) is 5.12. The van der Waals surface area contributed by atoms with Crippen LogP contribution in [0, 0.1) is 0 Å². The van der Waals surface area contributed by atoms with Gasteiger partial charge >= 0.3 is 11.9 Å². The molecule has 7 heteroatoms. The van der Waals surface area contributed by atoms with Gasteiger partial charge in [0.15, 0.2) is 0 Å². The predicted molar refractivity (Wildman–Crippen MR) is 109 cm³/mol. The van der Waals surface area contributed by atoms with Gasteiger partial charge in [-0.15, -0.1) is 0 Å². The molecule has 3 aromatic rings. The Kier molecular flexibility index (Phi) is 6.46. The molecule has 1 aromatic heterocycles. The minimum atomic E-state index is -0.623. The SMILES string of the molecule is CCOC(=O)c1ccc(OC(=O)c2ccc(=O)n(Cc3ccccc3Cl)c2)cc1. The molecule has 148 valence electrons. The number of aromatic nitrogens is 1. The molecule has 0 amide bonds. The monoisotopic (exact) mass is 411 g/mol. The van der Waals surface area contributed by atoms with Crippen molar-refractivity contribution < 1.29 is 19.1 Å². The van der Waals surface area contributed by atoms with Crippen LogP contribution in [0.25, 0.3) is 0 Å².